The van der Waals surface area contributed by atoms with Crippen molar-refractivity contribution in [3.05, 3.63) is 24.3 Å². The van der Waals surface area contributed by atoms with Gasteiger partial charge >= 0.3 is 0 Å². The van der Waals surface area contributed by atoms with Gasteiger partial charge in [0.25, 0.3) is 0 Å². The predicted molar refractivity (Wildman–Crippen MR) is 282 cm³/mol. The summed E-state index contributed by atoms with van der Waals surface area (Å²) in [4.78, 5) is 0. The lowest BCUT2D eigenvalue weighted by atomic mass is 9.81. The van der Waals surface area contributed by atoms with Gasteiger partial charge in [0.15, 0.2) is 0 Å². The van der Waals surface area contributed by atoms with Crippen molar-refractivity contribution >= 4 is 57.8 Å². The van der Waals surface area contributed by atoms with E-state index in [1.807, 2.05) is 22.8 Å². The van der Waals surface area contributed by atoms with Crippen LogP contribution in [0.4, 0.5) is 0 Å². The molecule has 0 aromatic heterocycles. The lowest BCUT2D eigenvalue weighted by Gasteiger charge is -2.34. The molecule has 360 valence electrons. The Kier molecular flexibility index (Phi) is 24.6. The molecule has 4 saturated carbocycles. The number of hydrogen-bond donors (Lipinski definition) is 0. The normalized spacial score (nSPS) is 32.8. The molecule has 0 N–H and O–H groups in total. The van der Waals surface area contributed by atoms with Crippen molar-refractivity contribution in [3.8, 4) is 0 Å². The Morgan fingerprint density at radius 1 is 0.468 bits per heavy atom. The summed E-state index contributed by atoms with van der Waals surface area (Å²) in [5, 5.41) is 1.30. The highest BCUT2D eigenvalue weighted by atomic mass is 32.9. The van der Waals surface area contributed by atoms with Gasteiger partial charge in [-0.3, -0.25) is 0 Å². The van der Waals surface area contributed by atoms with E-state index < -0.39 is 11.4 Å². The molecule has 0 aromatic rings. The molecule has 14 atom stereocenters. The van der Waals surface area contributed by atoms with Gasteiger partial charge in [-0.25, -0.2) is 0 Å². The Morgan fingerprint density at radius 2 is 0.839 bits per heavy atom. The Bertz CT molecular complexity index is 1380. The van der Waals surface area contributed by atoms with E-state index in [0.717, 1.165) is 73.8 Å². The van der Waals surface area contributed by atoms with Crippen LogP contribution in [0, 0.1) is 71.0 Å². The van der Waals surface area contributed by atoms with Crippen molar-refractivity contribution in [3.63, 3.8) is 0 Å². The van der Waals surface area contributed by atoms with Gasteiger partial charge in [-0.2, -0.15) is 0 Å². The number of fused-ring (bicyclic) bond motifs is 10. The van der Waals surface area contributed by atoms with Gasteiger partial charge < -0.3 is 18.1 Å². The average molecular weight is 974 g/mol. The van der Waals surface area contributed by atoms with E-state index in [0.29, 0.717) is 34.2 Å². The molecule has 6 aliphatic carbocycles. The Morgan fingerprint density at radius 3 is 1.26 bits per heavy atom. The highest BCUT2D eigenvalue weighted by Gasteiger charge is 2.55. The Labute approximate surface area is 402 Å². The van der Waals surface area contributed by atoms with Crippen LogP contribution < -0.4 is 0 Å². The van der Waals surface area contributed by atoms with E-state index in [1.165, 1.54) is 141 Å². The second-order valence-electron chi connectivity index (χ2n) is 20.6. The summed E-state index contributed by atoms with van der Waals surface area (Å²) in [6, 6.07) is 0. The first-order valence-corrected chi connectivity index (χ1v) is 34.8. The van der Waals surface area contributed by atoms with E-state index >= 15 is 0 Å². The van der Waals surface area contributed by atoms with Crippen molar-refractivity contribution in [1.82, 2.24) is 0 Å². The Hall–Kier alpha value is 1.32. The summed E-state index contributed by atoms with van der Waals surface area (Å²) in [5.74, 6) is 9.38. The second-order valence-corrected chi connectivity index (χ2v) is 33.5. The molecule has 6 aliphatic rings. The molecular weight excluding hydrogens is 879 g/mol. The predicted octanol–water partition coefficient (Wildman–Crippen LogP) is 18.0. The molecule has 4 nitrogen and oxygen atoms in total. The first kappa shape index (κ1) is 54.3. The maximum absolute atomic E-state index is 6.61. The molecule has 0 heterocycles. The third-order valence-corrected chi connectivity index (χ3v) is 27.7. The van der Waals surface area contributed by atoms with Crippen LogP contribution >= 0.6 is 34.2 Å². The van der Waals surface area contributed by atoms with E-state index in [-0.39, 0.29) is 0 Å². The largest absolute Gasteiger partial charge is 0.321 e. The topological polar surface area (TPSA) is 36.9 Å². The summed E-state index contributed by atoms with van der Waals surface area (Å²) in [7, 11) is 0. The highest BCUT2D eigenvalue weighted by molar-refractivity contribution is 8.68. The average Bonchev–Trinajstić information content (AvgIpc) is 4.14. The van der Waals surface area contributed by atoms with Crippen molar-refractivity contribution in [2.45, 2.75) is 207 Å². The van der Waals surface area contributed by atoms with Crippen LogP contribution in [-0.4, -0.2) is 36.9 Å². The van der Waals surface area contributed by atoms with Crippen LogP contribution in [0.1, 0.15) is 197 Å². The summed E-state index contributed by atoms with van der Waals surface area (Å²) in [6.45, 7) is 21.4. The summed E-state index contributed by atoms with van der Waals surface area (Å²) < 4.78 is 26.4. The van der Waals surface area contributed by atoms with E-state index in [9.17, 15) is 0 Å². The zero-order valence-electron chi connectivity index (χ0n) is 40.9. The van der Waals surface area contributed by atoms with E-state index in [4.69, 9.17) is 41.7 Å². The van der Waals surface area contributed by atoms with Crippen LogP contribution in [-0.2, 0) is 41.7 Å². The van der Waals surface area contributed by atoms with E-state index in [2.05, 4.69) is 79.7 Å². The molecule has 0 aliphatic heterocycles. The molecule has 0 aromatic carbocycles. The quantitative estimate of drug-likeness (QED) is 0.0488. The van der Waals surface area contributed by atoms with Gasteiger partial charge in [-0.15, -0.1) is 0 Å². The Balaban J connectivity index is 0.000000234. The third kappa shape index (κ3) is 15.7. The maximum Gasteiger partial charge on any atom is 0.247 e. The monoisotopic (exact) mass is 973 g/mol. The minimum atomic E-state index is -2.31. The van der Waals surface area contributed by atoms with Crippen molar-refractivity contribution in [2.24, 2.45) is 71.0 Å². The fraction of sp³-hybridized carbons (Fsp3) is 0.923. The van der Waals surface area contributed by atoms with Gasteiger partial charge in [0.05, 0.1) is 26.4 Å². The van der Waals surface area contributed by atoms with Crippen LogP contribution in [0.25, 0.3) is 0 Å². The van der Waals surface area contributed by atoms with Crippen molar-refractivity contribution < 1.29 is 18.1 Å². The fourth-order valence-electron chi connectivity index (χ4n) is 12.1. The molecule has 10 heteroatoms. The molecular formula is C52H94O4P2S4. The SMILES string of the molecule is CCCCC(CC)COP(=S)(OCC(CC)CCCC)SC1CC2CC1C1C=CCC21.CCCCC(CC)COP(=S)(OCC(CC)CCCC)SC1CC2CC1C1CC=CC21. The van der Waals surface area contributed by atoms with Crippen molar-refractivity contribution in [2.75, 3.05) is 26.4 Å². The number of unbranched alkanes of at least 4 members (excludes halogenated alkanes) is 4. The summed E-state index contributed by atoms with van der Waals surface area (Å²) in [6.07, 6.45) is 37.9. The molecule has 0 amide bonds. The van der Waals surface area contributed by atoms with Crippen LogP contribution in [0.5, 0.6) is 0 Å². The lowest BCUT2D eigenvalue weighted by molar-refractivity contribution is 0.188. The zero-order valence-corrected chi connectivity index (χ0v) is 46.0. The molecule has 0 spiro atoms. The van der Waals surface area contributed by atoms with E-state index in [1.54, 1.807) is 0 Å². The number of hydrogen-bond acceptors (Lipinski definition) is 8. The van der Waals surface area contributed by atoms with Gasteiger partial charge in [0.2, 0.25) is 11.4 Å². The van der Waals surface area contributed by atoms with Crippen molar-refractivity contribution in [1.29, 1.82) is 0 Å². The number of allylic oxidation sites excluding steroid dienone is 4. The molecule has 4 bridgehead atoms. The van der Waals surface area contributed by atoms with Crippen LogP contribution in [0.3, 0.4) is 0 Å². The maximum atomic E-state index is 6.61. The second kappa shape index (κ2) is 28.1. The molecule has 0 saturated heterocycles. The third-order valence-electron chi connectivity index (χ3n) is 16.5. The van der Waals surface area contributed by atoms with Gasteiger partial charge in [0, 0.05) is 10.5 Å². The fourth-order valence-corrected chi connectivity index (χ4v) is 24.0. The molecule has 6 rings (SSSR count). The van der Waals surface area contributed by atoms with Gasteiger partial charge in [0.1, 0.15) is 0 Å². The lowest BCUT2D eigenvalue weighted by Crippen LogP contribution is -2.26. The van der Waals surface area contributed by atoms with Crippen LogP contribution in [0.2, 0.25) is 0 Å². The van der Waals surface area contributed by atoms with Gasteiger partial charge in [-0.05, 0) is 159 Å². The first-order chi connectivity index (χ1) is 30.1. The molecule has 62 heavy (non-hydrogen) atoms. The number of rotatable bonds is 32. The smallest absolute Gasteiger partial charge is 0.247 e. The molecule has 14 unspecified atom stereocenters. The van der Waals surface area contributed by atoms with Gasteiger partial charge in [-0.1, -0.05) is 180 Å². The molecule has 0 radical (unpaired) electrons. The minimum Gasteiger partial charge on any atom is -0.321 e. The minimum absolute atomic E-state index is 0.621. The first-order valence-electron chi connectivity index (χ1n) is 26.5. The summed E-state index contributed by atoms with van der Waals surface area (Å²) >= 11 is 16.4. The zero-order chi connectivity index (χ0) is 44.5. The molecule has 4 fully saturated rings. The summed E-state index contributed by atoms with van der Waals surface area (Å²) in [5.41, 5.74) is -4.61. The standard InChI is InChI=1S/2C26H47O2PS2/c2*1-5-9-12-20(7-3)18-27-29(30,28-19-21(8-4)13-10-6-2)31-26-17-22-16-25(26)24-15-11-14-23(22)24/h11,15,20-26H,5-10,12-14,16-19H2,1-4H3;11,14,20-26H,5-10,12-13,15-19H2,1-4H3. The highest BCUT2D eigenvalue weighted by Crippen LogP contribution is 2.71. The van der Waals surface area contributed by atoms with Crippen LogP contribution in [0.15, 0.2) is 24.3 Å².